The van der Waals surface area contributed by atoms with Crippen LogP contribution in [0.1, 0.15) is 19.3 Å². The summed E-state index contributed by atoms with van der Waals surface area (Å²) in [6, 6.07) is 0. The van der Waals surface area contributed by atoms with E-state index in [1.165, 1.54) is 25.8 Å². The zero-order valence-corrected chi connectivity index (χ0v) is 8.88. The molecule has 0 fully saturated rings. The quantitative estimate of drug-likeness (QED) is 0.561. The summed E-state index contributed by atoms with van der Waals surface area (Å²) in [6.07, 6.45) is 8.14. The molecule has 0 radical (unpaired) electrons. The van der Waals surface area contributed by atoms with Crippen LogP contribution in [0, 0.1) is 0 Å². The molecule has 0 aromatic heterocycles. The maximum absolute atomic E-state index is 2.23. The topological polar surface area (TPSA) is 6.48 Å². The Morgan fingerprint density at radius 2 is 1.67 bits per heavy atom. The third-order valence-electron chi connectivity index (χ3n) is 1.63. The van der Waals surface area contributed by atoms with Crippen LogP contribution in [-0.4, -0.2) is 44.5 Å². The van der Waals surface area contributed by atoms with Crippen molar-refractivity contribution < 1.29 is 0 Å². The van der Waals surface area contributed by atoms with E-state index in [1.807, 2.05) is 0 Å². The lowest BCUT2D eigenvalue weighted by atomic mass is 10.2. The number of allylic oxidation sites excluding steroid dienone is 1. The lowest BCUT2D eigenvalue weighted by molar-refractivity contribution is 0.395. The highest BCUT2D eigenvalue weighted by molar-refractivity contribution is 4.78. The molecule has 0 rings (SSSR count). The molecule has 0 spiro atoms. The second-order valence-corrected chi connectivity index (χ2v) is 3.65. The van der Waals surface area contributed by atoms with Crippen LogP contribution in [0.2, 0.25) is 0 Å². The Labute approximate surface area is 76.9 Å². The van der Waals surface area contributed by atoms with Crippen LogP contribution in [0.4, 0.5) is 0 Å². The van der Waals surface area contributed by atoms with Crippen molar-refractivity contribution in [3.63, 3.8) is 0 Å². The molecule has 0 unspecified atom stereocenters. The van der Waals surface area contributed by atoms with Gasteiger partial charge in [0.15, 0.2) is 0 Å². The molecule has 0 aromatic carbocycles. The van der Waals surface area contributed by atoms with Crippen molar-refractivity contribution >= 4 is 0 Å². The van der Waals surface area contributed by atoms with Gasteiger partial charge in [-0.2, -0.15) is 0 Å². The van der Waals surface area contributed by atoms with E-state index in [9.17, 15) is 0 Å². The van der Waals surface area contributed by atoms with E-state index in [2.05, 4.69) is 50.3 Å². The van der Waals surface area contributed by atoms with Gasteiger partial charge in [-0.25, -0.2) is 0 Å². The summed E-state index contributed by atoms with van der Waals surface area (Å²) in [4.78, 5) is 4.31. The summed E-state index contributed by atoms with van der Waals surface area (Å²) in [5.41, 5.74) is 0. The van der Waals surface area contributed by atoms with E-state index in [0.29, 0.717) is 0 Å². The van der Waals surface area contributed by atoms with E-state index < -0.39 is 0 Å². The zero-order chi connectivity index (χ0) is 9.40. The maximum atomic E-state index is 2.23. The number of hydrogen-bond acceptors (Lipinski definition) is 2. The molecular weight excluding hydrogens is 148 g/mol. The van der Waals surface area contributed by atoms with Gasteiger partial charge in [0.25, 0.3) is 0 Å². The van der Waals surface area contributed by atoms with Crippen LogP contribution >= 0.6 is 0 Å². The Bertz CT molecular complexity index is 117. The van der Waals surface area contributed by atoms with Gasteiger partial charge >= 0.3 is 0 Å². The van der Waals surface area contributed by atoms with Gasteiger partial charge in [0, 0.05) is 14.1 Å². The SMILES string of the molecule is CN(C)C=CCCCCN(C)C. The first-order valence-corrected chi connectivity index (χ1v) is 4.60. The van der Waals surface area contributed by atoms with Crippen molar-refractivity contribution in [3.8, 4) is 0 Å². The minimum Gasteiger partial charge on any atom is -0.384 e. The molecule has 2 heteroatoms. The summed E-state index contributed by atoms with van der Waals surface area (Å²) >= 11 is 0. The largest absolute Gasteiger partial charge is 0.384 e. The van der Waals surface area contributed by atoms with Gasteiger partial charge in [-0.15, -0.1) is 0 Å². The maximum Gasteiger partial charge on any atom is 0.00555 e. The summed E-state index contributed by atoms with van der Waals surface area (Å²) in [7, 11) is 8.35. The van der Waals surface area contributed by atoms with Crippen molar-refractivity contribution in [1.82, 2.24) is 9.80 Å². The second-order valence-electron chi connectivity index (χ2n) is 3.65. The van der Waals surface area contributed by atoms with Crippen molar-refractivity contribution in [2.75, 3.05) is 34.7 Å². The Balaban J connectivity index is 3.11. The lowest BCUT2D eigenvalue weighted by Gasteiger charge is -2.07. The van der Waals surface area contributed by atoms with Crippen LogP contribution in [0.5, 0.6) is 0 Å². The third-order valence-corrected chi connectivity index (χ3v) is 1.63. The number of unbranched alkanes of at least 4 members (excludes halogenated alkanes) is 2. The molecule has 0 aliphatic heterocycles. The first-order chi connectivity index (χ1) is 5.63. The molecule has 0 heterocycles. The average molecular weight is 170 g/mol. The second kappa shape index (κ2) is 7.17. The molecule has 0 aromatic rings. The van der Waals surface area contributed by atoms with Crippen molar-refractivity contribution in [1.29, 1.82) is 0 Å². The van der Waals surface area contributed by atoms with Crippen molar-refractivity contribution in [2.24, 2.45) is 0 Å². The normalized spacial score (nSPS) is 11.4. The molecule has 0 aliphatic rings. The van der Waals surface area contributed by atoms with Gasteiger partial charge in [-0.1, -0.05) is 6.08 Å². The third kappa shape index (κ3) is 9.50. The number of hydrogen-bond donors (Lipinski definition) is 0. The first kappa shape index (κ1) is 11.5. The highest BCUT2D eigenvalue weighted by Gasteiger charge is 1.88. The van der Waals surface area contributed by atoms with Gasteiger partial charge in [-0.05, 0) is 46.1 Å². The van der Waals surface area contributed by atoms with Gasteiger partial charge in [0.2, 0.25) is 0 Å². The predicted molar refractivity (Wildman–Crippen MR) is 55.2 cm³/mol. The van der Waals surface area contributed by atoms with Gasteiger partial charge in [0.1, 0.15) is 0 Å². The molecular formula is C10H22N2. The molecule has 0 N–H and O–H groups in total. The molecule has 0 bridgehead atoms. The molecule has 0 atom stereocenters. The number of nitrogens with zero attached hydrogens (tertiary/aromatic N) is 2. The smallest absolute Gasteiger partial charge is 0.00555 e. The fraction of sp³-hybridized carbons (Fsp3) is 0.800. The molecule has 0 saturated carbocycles. The minimum atomic E-state index is 1.20. The molecule has 0 amide bonds. The molecule has 2 nitrogen and oxygen atoms in total. The van der Waals surface area contributed by atoms with Crippen molar-refractivity contribution in [2.45, 2.75) is 19.3 Å². The molecule has 72 valence electrons. The minimum absolute atomic E-state index is 1.20. The molecule has 0 aliphatic carbocycles. The van der Waals surface area contributed by atoms with Gasteiger partial charge < -0.3 is 9.80 Å². The van der Waals surface area contributed by atoms with Crippen LogP contribution in [0.25, 0.3) is 0 Å². The van der Waals surface area contributed by atoms with E-state index in [-0.39, 0.29) is 0 Å². The summed E-state index contributed by atoms with van der Waals surface area (Å²) in [5.74, 6) is 0. The predicted octanol–water partition coefficient (Wildman–Crippen LogP) is 1.79. The van der Waals surface area contributed by atoms with Gasteiger partial charge in [0.05, 0.1) is 0 Å². The first-order valence-electron chi connectivity index (χ1n) is 4.60. The lowest BCUT2D eigenvalue weighted by Crippen LogP contribution is -2.12. The highest BCUT2D eigenvalue weighted by Crippen LogP contribution is 1.97. The fourth-order valence-electron chi connectivity index (χ4n) is 0.976. The summed E-state index contributed by atoms with van der Waals surface area (Å²) in [6.45, 7) is 1.20. The summed E-state index contributed by atoms with van der Waals surface area (Å²) < 4.78 is 0. The number of rotatable bonds is 6. The van der Waals surface area contributed by atoms with E-state index in [4.69, 9.17) is 0 Å². The summed E-state index contributed by atoms with van der Waals surface area (Å²) in [5, 5.41) is 0. The van der Waals surface area contributed by atoms with E-state index in [1.54, 1.807) is 0 Å². The Morgan fingerprint density at radius 3 is 2.17 bits per heavy atom. The molecule has 0 saturated heterocycles. The van der Waals surface area contributed by atoms with Crippen molar-refractivity contribution in [3.05, 3.63) is 12.3 Å². The van der Waals surface area contributed by atoms with Gasteiger partial charge in [-0.3, -0.25) is 0 Å². The Morgan fingerprint density at radius 1 is 1.00 bits per heavy atom. The fourth-order valence-corrected chi connectivity index (χ4v) is 0.976. The Hall–Kier alpha value is -0.500. The average Bonchev–Trinajstić information content (AvgIpc) is 1.95. The van der Waals surface area contributed by atoms with Crippen LogP contribution < -0.4 is 0 Å². The molecule has 12 heavy (non-hydrogen) atoms. The van der Waals surface area contributed by atoms with Crippen LogP contribution in [0.3, 0.4) is 0 Å². The van der Waals surface area contributed by atoms with Crippen LogP contribution in [0.15, 0.2) is 12.3 Å². The Kier molecular flexibility index (Phi) is 6.87. The van der Waals surface area contributed by atoms with E-state index >= 15 is 0 Å². The van der Waals surface area contributed by atoms with E-state index in [0.717, 1.165) is 0 Å². The standard InChI is InChI=1S/C10H22N2/c1-11(2)9-7-5-6-8-10-12(3)4/h7,9H,5-6,8,10H2,1-4H3. The monoisotopic (exact) mass is 170 g/mol. The zero-order valence-electron chi connectivity index (χ0n) is 8.88. The van der Waals surface area contributed by atoms with Crippen LogP contribution in [-0.2, 0) is 0 Å². The highest BCUT2D eigenvalue weighted by atomic mass is 15.0.